The Labute approximate surface area is 138 Å². The molecular formula is C16H8F4N4O. The third kappa shape index (κ3) is 2.67. The van der Waals surface area contributed by atoms with E-state index in [1.807, 2.05) is 0 Å². The second-order valence-electron chi connectivity index (χ2n) is 4.87. The Morgan fingerprint density at radius 3 is 2.12 bits per heavy atom. The van der Waals surface area contributed by atoms with Crippen LogP contribution in [-0.2, 0) is 0 Å². The Morgan fingerprint density at radius 1 is 1.00 bits per heavy atom. The molecule has 25 heavy (non-hydrogen) atoms. The molecule has 3 rings (SSSR count). The van der Waals surface area contributed by atoms with E-state index in [9.17, 15) is 17.6 Å². The summed E-state index contributed by atoms with van der Waals surface area (Å²) in [5.74, 6) is -6.47. The molecule has 126 valence electrons. The summed E-state index contributed by atoms with van der Waals surface area (Å²) in [4.78, 5) is 0. The van der Waals surface area contributed by atoms with E-state index >= 15 is 0 Å². The summed E-state index contributed by atoms with van der Waals surface area (Å²) in [5.41, 5.74) is -1.68. The quantitative estimate of drug-likeness (QED) is 0.538. The van der Waals surface area contributed by atoms with Gasteiger partial charge in [-0.1, -0.05) is 5.21 Å². The van der Waals surface area contributed by atoms with E-state index in [0.717, 1.165) is 12.3 Å². The van der Waals surface area contributed by atoms with Crippen molar-refractivity contribution < 1.29 is 22.3 Å². The summed E-state index contributed by atoms with van der Waals surface area (Å²) in [7, 11) is 1.49. The predicted octanol–water partition coefficient (Wildman–Crippen LogP) is 3.37. The van der Waals surface area contributed by atoms with Gasteiger partial charge >= 0.3 is 0 Å². The second-order valence-corrected chi connectivity index (χ2v) is 4.87. The van der Waals surface area contributed by atoms with Crippen LogP contribution in [0, 0.1) is 34.6 Å². The summed E-state index contributed by atoms with van der Waals surface area (Å²) in [6.07, 6.45) is 1.11. The smallest absolute Gasteiger partial charge is 0.189 e. The van der Waals surface area contributed by atoms with E-state index in [4.69, 9.17) is 10.00 Å². The minimum Gasteiger partial charge on any atom is -0.497 e. The SMILES string of the molecule is COc1ccc(-c2cn(-c3c(F)c(F)c(C#N)c(F)c3F)nn2)cc1. The van der Waals surface area contributed by atoms with Crippen molar-refractivity contribution >= 4 is 0 Å². The Kier molecular flexibility index (Phi) is 4.10. The molecule has 1 aromatic heterocycles. The van der Waals surface area contributed by atoms with Crippen LogP contribution >= 0.6 is 0 Å². The van der Waals surface area contributed by atoms with Crippen molar-refractivity contribution in [3.63, 3.8) is 0 Å². The van der Waals surface area contributed by atoms with E-state index in [2.05, 4.69) is 10.3 Å². The number of halogens is 4. The van der Waals surface area contributed by atoms with Crippen molar-refractivity contribution in [3.8, 4) is 28.8 Å². The maximum atomic E-state index is 14.0. The second kappa shape index (κ2) is 6.24. The lowest BCUT2D eigenvalue weighted by Crippen LogP contribution is -2.10. The van der Waals surface area contributed by atoms with Gasteiger partial charge in [0.05, 0.1) is 13.3 Å². The molecule has 0 atom stereocenters. The highest BCUT2D eigenvalue weighted by molar-refractivity contribution is 5.59. The van der Waals surface area contributed by atoms with Gasteiger partial charge in [-0.15, -0.1) is 5.10 Å². The van der Waals surface area contributed by atoms with E-state index in [1.54, 1.807) is 24.3 Å². The molecule has 0 aliphatic rings. The molecule has 0 saturated carbocycles. The van der Waals surface area contributed by atoms with Crippen LogP contribution in [0.15, 0.2) is 30.5 Å². The van der Waals surface area contributed by atoms with Crippen LogP contribution in [-0.4, -0.2) is 22.1 Å². The maximum absolute atomic E-state index is 14.0. The normalized spacial score (nSPS) is 10.6. The van der Waals surface area contributed by atoms with Gasteiger partial charge in [0.2, 0.25) is 0 Å². The van der Waals surface area contributed by atoms with E-state index in [-0.39, 0.29) is 5.69 Å². The number of aromatic nitrogens is 3. The van der Waals surface area contributed by atoms with Gasteiger partial charge in [0.15, 0.2) is 23.3 Å². The number of methoxy groups -OCH3 is 1. The number of nitrogens with zero attached hydrogens (tertiary/aromatic N) is 4. The van der Waals surface area contributed by atoms with E-state index < -0.39 is 34.5 Å². The van der Waals surface area contributed by atoms with Crippen molar-refractivity contribution in [3.05, 3.63) is 59.3 Å². The highest BCUT2D eigenvalue weighted by Gasteiger charge is 2.27. The zero-order valence-corrected chi connectivity index (χ0v) is 12.6. The van der Waals surface area contributed by atoms with Gasteiger partial charge in [0.1, 0.15) is 28.8 Å². The Hall–Kier alpha value is -3.41. The predicted molar refractivity (Wildman–Crippen MR) is 77.9 cm³/mol. The molecule has 0 spiro atoms. The first-order valence-electron chi connectivity index (χ1n) is 6.81. The van der Waals surface area contributed by atoms with Crippen LogP contribution in [0.1, 0.15) is 5.56 Å². The fraction of sp³-hybridized carbons (Fsp3) is 0.0625. The largest absolute Gasteiger partial charge is 0.497 e. The van der Waals surface area contributed by atoms with Crippen LogP contribution in [0.3, 0.4) is 0 Å². The first-order chi connectivity index (χ1) is 12.0. The average Bonchev–Trinajstić information content (AvgIpc) is 3.10. The van der Waals surface area contributed by atoms with Crippen LogP contribution in [0.2, 0.25) is 0 Å². The molecule has 0 unspecified atom stereocenters. The van der Waals surface area contributed by atoms with Crippen molar-refractivity contribution in [1.82, 2.24) is 15.0 Å². The van der Waals surface area contributed by atoms with Crippen LogP contribution in [0.4, 0.5) is 17.6 Å². The van der Waals surface area contributed by atoms with Crippen molar-refractivity contribution in [2.45, 2.75) is 0 Å². The first kappa shape index (κ1) is 16.4. The molecule has 2 aromatic carbocycles. The van der Waals surface area contributed by atoms with Crippen molar-refractivity contribution in [1.29, 1.82) is 5.26 Å². The highest BCUT2D eigenvalue weighted by atomic mass is 19.2. The van der Waals surface area contributed by atoms with E-state index in [1.165, 1.54) is 7.11 Å². The number of hydrogen-bond donors (Lipinski definition) is 0. The molecular weight excluding hydrogens is 340 g/mol. The van der Waals surface area contributed by atoms with Crippen molar-refractivity contribution in [2.75, 3.05) is 7.11 Å². The number of nitriles is 1. The summed E-state index contributed by atoms with van der Waals surface area (Å²) < 4.78 is 61.1. The minimum atomic E-state index is -1.79. The third-order valence-electron chi connectivity index (χ3n) is 3.46. The van der Waals surface area contributed by atoms with Crippen LogP contribution in [0.25, 0.3) is 16.9 Å². The summed E-state index contributed by atoms with van der Waals surface area (Å²) in [5, 5.41) is 15.8. The third-order valence-corrected chi connectivity index (χ3v) is 3.46. The number of ether oxygens (including phenoxy) is 1. The van der Waals surface area contributed by atoms with E-state index in [0.29, 0.717) is 16.0 Å². The summed E-state index contributed by atoms with van der Waals surface area (Å²) >= 11 is 0. The number of hydrogen-bond acceptors (Lipinski definition) is 4. The summed E-state index contributed by atoms with van der Waals surface area (Å²) in [6, 6.07) is 7.60. The minimum absolute atomic E-state index is 0.214. The Bertz CT molecular complexity index is 964. The monoisotopic (exact) mass is 348 g/mol. The molecule has 0 N–H and O–H groups in total. The highest BCUT2D eigenvalue weighted by Crippen LogP contribution is 2.27. The number of benzene rings is 2. The lowest BCUT2D eigenvalue weighted by atomic mass is 10.1. The average molecular weight is 348 g/mol. The molecule has 0 amide bonds. The van der Waals surface area contributed by atoms with Crippen molar-refractivity contribution in [2.24, 2.45) is 0 Å². The van der Waals surface area contributed by atoms with Gasteiger partial charge < -0.3 is 4.74 Å². The maximum Gasteiger partial charge on any atom is 0.189 e. The molecule has 9 heteroatoms. The Morgan fingerprint density at radius 2 is 1.60 bits per heavy atom. The zero-order chi connectivity index (χ0) is 18.1. The van der Waals surface area contributed by atoms with Gasteiger partial charge in [-0.2, -0.15) is 5.26 Å². The molecule has 0 radical (unpaired) electrons. The van der Waals surface area contributed by atoms with Crippen LogP contribution in [0.5, 0.6) is 5.75 Å². The fourth-order valence-electron chi connectivity index (χ4n) is 2.19. The van der Waals surface area contributed by atoms with Gasteiger partial charge in [-0.05, 0) is 24.3 Å². The zero-order valence-electron chi connectivity index (χ0n) is 12.6. The topological polar surface area (TPSA) is 63.7 Å². The van der Waals surface area contributed by atoms with Gasteiger partial charge in [-0.3, -0.25) is 0 Å². The van der Waals surface area contributed by atoms with Gasteiger partial charge in [-0.25, -0.2) is 22.2 Å². The molecule has 0 aliphatic carbocycles. The lowest BCUT2D eigenvalue weighted by Gasteiger charge is -2.07. The first-order valence-corrected chi connectivity index (χ1v) is 6.81. The van der Waals surface area contributed by atoms with Gasteiger partial charge in [0, 0.05) is 5.56 Å². The molecule has 1 heterocycles. The summed E-state index contributed by atoms with van der Waals surface area (Å²) in [6.45, 7) is 0. The van der Waals surface area contributed by atoms with Crippen LogP contribution < -0.4 is 4.74 Å². The number of rotatable bonds is 3. The standard InChI is InChI=1S/C16H8F4N4O/c1-25-9-4-2-8(3-5-9)11-7-24(23-22-11)16-14(19)12(17)10(6-21)13(18)15(16)20/h2-5,7H,1H3. The molecule has 3 aromatic rings. The Balaban J connectivity index is 2.10. The molecule has 0 fully saturated rings. The molecule has 0 saturated heterocycles. The molecule has 0 bridgehead atoms. The molecule has 5 nitrogen and oxygen atoms in total. The molecule has 0 aliphatic heterocycles. The lowest BCUT2D eigenvalue weighted by molar-refractivity contribution is 0.415. The van der Waals surface area contributed by atoms with Gasteiger partial charge in [0.25, 0.3) is 0 Å². The fourth-order valence-corrected chi connectivity index (χ4v) is 2.19.